The second-order valence-electron chi connectivity index (χ2n) is 6.42. The van der Waals surface area contributed by atoms with E-state index in [1.165, 1.54) is 0 Å². The number of halogens is 1. The first-order valence-electron chi connectivity index (χ1n) is 8.85. The van der Waals surface area contributed by atoms with Gasteiger partial charge in [0.15, 0.2) is 5.78 Å². The molecule has 0 aliphatic heterocycles. The van der Waals surface area contributed by atoms with Crippen LogP contribution in [0.1, 0.15) is 35.7 Å². The molecule has 2 aromatic carbocycles. The second-order valence-corrected chi connectivity index (χ2v) is 6.86. The number of hydrogen-bond donors (Lipinski definition) is 0. The monoisotopic (exact) mass is 378 g/mol. The number of fused-ring (bicyclic) bond motifs is 1. The summed E-state index contributed by atoms with van der Waals surface area (Å²) >= 11 is 6.13. The predicted octanol–water partition coefficient (Wildman–Crippen LogP) is 4.69. The van der Waals surface area contributed by atoms with Crippen molar-refractivity contribution in [1.29, 1.82) is 0 Å². The van der Waals surface area contributed by atoms with Crippen LogP contribution in [-0.2, 0) is 13.0 Å². The van der Waals surface area contributed by atoms with Gasteiger partial charge >= 0.3 is 0 Å². The summed E-state index contributed by atoms with van der Waals surface area (Å²) < 4.78 is 4.06. The molecular weight excluding hydrogens is 360 g/mol. The number of aryl methyl sites for hydroxylation is 1. The van der Waals surface area contributed by atoms with E-state index in [1.807, 2.05) is 53.2 Å². The average molecular weight is 379 g/mol. The van der Waals surface area contributed by atoms with Crippen LogP contribution in [0, 0.1) is 0 Å². The van der Waals surface area contributed by atoms with E-state index < -0.39 is 0 Å². The largest absolute Gasteiger partial charge is 0.328 e. The summed E-state index contributed by atoms with van der Waals surface area (Å²) in [6, 6.07) is 15.3. The molecular formula is C21H19ClN4O. The first-order valence-corrected chi connectivity index (χ1v) is 9.23. The Morgan fingerprint density at radius 2 is 2.00 bits per heavy atom. The Hall–Kier alpha value is -2.92. The Labute approximate surface area is 162 Å². The number of carbonyl (C=O) groups excluding carboxylic acids is 1. The Balaban J connectivity index is 1.76. The summed E-state index contributed by atoms with van der Waals surface area (Å²) in [4.78, 5) is 16.5. The molecule has 27 heavy (non-hydrogen) atoms. The van der Waals surface area contributed by atoms with Crippen molar-refractivity contribution in [2.45, 2.75) is 26.8 Å². The van der Waals surface area contributed by atoms with Gasteiger partial charge < -0.3 is 4.57 Å². The highest BCUT2D eigenvalue weighted by atomic mass is 35.5. The molecule has 0 N–H and O–H groups in total. The normalized spacial score (nSPS) is 11.2. The first kappa shape index (κ1) is 17.5. The number of rotatable bonds is 5. The highest BCUT2D eigenvalue weighted by Crippen LogP contribution is 2.22. The lowest BCUT2D eigenvalue weighted by atomic mass is 10.1. The Bertz CT molecular complexity index is 1140. The van der Waals surface area contributed by atoms with E-state index in [-0.39, 0.29) is 5.78 Å². The van der Waals surface area contributed by atoms with E-state index in [4.69, 9.17) is 16.6 Å². The SMILES string of the molecule is CCn1c(Cc2ccnn2-c2cccc(Cl)c2)nc2cc(C(C)=O)ccc21. The number of benzene rings is 2. The zero-order valence-electron chi connectivity index (χ0n) is 15.2. The predicted molar refractivity (Wildman–Crippen MR) is 107 cm³/mol. The fourth-order valence-corrected chi connectivity index (χ4v) is 3.54. The molecule has 0 radical (unpaired) electrons. The van der Waals surface area contributed by atoms with E-state index in [9.17, 15) is 4.79 Å². The van der Waals surface area contributed by atoms with Gasteiger partial charge in [-0.1, -0.05) is 17.7 Å². The van der Waals surface area contributed by atoms with Crippen LogP contribution in [0.4, 0.5) is 0 Å². The number of hydrogen-bond acceptors (Lipinski definition) is 3. The summed E-state index contributed by atoms with van der Waals surface area (Å²) in [5.41, 5.74) is 4.49. The highest BCUT2D eigenvalue weighted by Gasteiger charge is 2.14. The molecule has 0 saturated carbocycles. The molecule has 0 bridgehead atoms. The van der Waals surface area contributed by atoms with Crippen molar-refractivity contribution in [3.05, 3.63) is 76.8 Å². The van der Waals surface area contributed by atoms with Gasteiger partial charge in [-0.2, -0.15) is 5.10 Å². The lowest BCUT2D eigenvalue weighted by Gasteiger charge is -2.09. The third kappa shape index (κ3) is 3.26. The molecule has 0 aliphatic carbocycles. The number of ketones is 1. The smallest absolute Gasteiger partial charge is 0.159 e. The van der Waals surface area contributed by atoms with Crippen molar-refractivity contribution in [3.63, 3.8) is 0 Å². The zero-order valence-corrected chi connectivity index (χ0v) is 15.9. The molecule has 0 unspecified atom stereocenters. The number of imidazole rings is 1. The molecule has 4 aromatic rings. The van der Waals surface area contributed by atoms with Crippen molar-refractivity contribution in [2.75, 3.05) is 0 Å². The summed E-state index contributed by atoms with van der Waals surface area (Å²) in [6.45, 7) is 4.47. The van der Waals surface area contributed by atoms with E-state index in [0.717, 1.165) is 34.8 Å². The molecule has 0 spiro atoms. The number of nitrogens with zero attached hydrogens (tertiary/aromatic N) is 4. The third-order valence-electron chi connectivity index (χ3n) is 4.66. The Morgan fingerprint density at radius 3 is 2.74 bits per heavy atom. The first-order chi connectivity index (χ1) is 13.1. The molecule has 2 heterocycles. The maximum atomic E-state index is 11.7. The molecule has 0 atom stereocenters. The van der Waals surface area contributed by atoms with E-state index in [2.05, 4.69) is 16.6 Å². The molecule has 0 aliphatic rings. The lowest BCUT2D eigenvalue weighted by Crippen LogP contribution is -2.07. The van der Waals surface area contributed by atoms with Crippen LogP contribution >= 0.6 is 11.6 Å². The molecule has 0 amide bonds. The fourth-order valence-electron chi connectivity index (χ4n) is 3.35. The van der Waals surface area contributed by atoms with Gasteiger partial charge in [0.25, 0.3) is 0 Å². The van der Waals surface area contributed by atoms with Crippen molar-refractivity contribution in [1.82, 2.24) is 19.3 Å². The van der Waals surface area contributed by atoms with Crippen LogP contribution in [-0.4, -0.2) is 25.1 Å². The van der Waals surface area contributed by atoms with Crippen molar-refractivity contribution < 1.29 is 4.79 Å². The van der Waals surface area contributed by atoms with E-state index in [0.29, 0.717) is 17.0 Å². The van der Waals surface area contributed by atoms with Crippen molar-refractivity contribution in [3.8, 4) is 5.69 Å². The van der Waals surface area contributed by atoms with Gasteiger partial charge in [-0.3, -0.25) is 4.79 Å². The quantitative estimate of drug-likeness (QED) is 0.473. The highest BCUT2D eigenvalue weighted by molar-refractivity contribution is 6.30. The molecule has 6 heteroatoms. The molecule has 0 saturated heterocycles. The summed E-state index contributed by atoms with van der Waals surface area (Å²) in [5.74, 6) is 0.987. The van der Waals surface area contributed by atoms with Crippen LogP contribution in [0.2, 0.25) is 5.02 Å². The minimum absolute atomic E-state index is 0.0449. The van der Waals surface area contributed by atoms with Crippen LogP contribution in [0.5, 0.6) is 0 Å². The molecule has 0 fully saturated rings. The zero-order chi connectivity index (χ0) is 19.0. The average Bonchev–Trinajstić information content (AvgIpc) is 3.25. The van der Waals surface area contributed by atoms with Crippen LogP contribution in [0.3, 0.4) is 0 Å². The molecule has 5 nitrogen and oxygen atoms in total. The fraction of sp³-hybridized carbons (Fsp3) is 0.190. The molecule has 2 aromatic heterocycles. The summed E-state index contributed by atoms with van der Waals surface area (Å²) in [6.07, 6.45) is 2.41. The third-order valence-corrected chi connectivity index (χ3v) is 4.90. The maximum Gasteiger partial charge on any atom is 0.159 e. The van der Waals surface area contributed by atoms with Crippen molar-refractivity contribution >= 4 is 28.4 Å². The van der Waals surface area contributed by atoms with Crippen LogP contribution < -0.4 is 0 Å². The topological polar surface area (TPSA) is 52.7 Å². The summed E-state index contributed by atoms with van der Waals surface area (Å²) in [5, 5.41) is 5.12. The Kier molecular flexibility index (Phi) is 4.54. The van der Waals surface area contributed by atoms with E-state index in [1.54, 1.807) is 13.1 Å². The minimum Gasteiger partial charge on any atom is -0.328 e. The maximum absolute atomic E-state index is 11.7. The lowest BCUT2D eigenvalue weighted by molar-refractivity contribution is 0.101. The number of carbonyl (C=O) groups is 1. The molecule has 136 valence electrons. The number of aromatic nitrogens is 4. The number of Topliss-reactive ketones (excluding diaryl/α,β-unsaturated/α-hetero) is 1. The van der Waals surface area contributed by atoms with Gasteiger partial charge in [-0.25, -0.2) is 9.67 Å². The van der Waals surface area contributed by atoms with Gasteiger partial charge in [-0.15, -0.1) is 0 Å². The Morgan fingerprint density at radius 1 is 1.15 bits per heavy atom. The van der Waals surface area contributed by atoms with Gasteiger partial charge in [0.2, 0.25) is 0 Å². The van der Waals surface area contributed by atoms with Crippen LogP contribution in [0.25, 0.3) is 16.7 Å². The van der Waals surface area contributed by atoms with Gasteiger partial charge in [0.05, 0.1) is 22.4 Å². The minimum atomic E-state index is 0.0449. The van der Waals surface area contributed by atoms with Crippen LogP contribution in [0.15, 0.2) is 54.7 Å². The van der Waals surface area contributed by atoms with Gasteiger partial charge in [0.1, 0.15) is 5.82 Å². The standard InChI is InChI=1S/C21H19ClN4O/c1-3-25-20-8-7-15(14(2)27)11-19(20)24-21(25)13-18-9-10-23-26(18)17-6-4-5-16(22)12-17/h4-12H,3,13H2,1-2H3. The second kappa shape index (κ2) is 7.00. The molecule has 4 rings (SSSR count). The van der Waals surface area contributed by atoms with Gasteiger partial charge in [0, 0.05) is 29.7 Å². The summed E-state index contributed by atoms with van der Waals surface area (Å²) in [7, 11) is 0. The van der Waals surface area contributed by atoms with Gasteiger partial charge in [-0.05, 0) is 56.3 Å². The van der Waals surface area contributed by atoms with E-state index >= 15 is 0 Å². The van der Waals surface area contributed by atoms with Crippen molar-refractivity contribution in [2.24, 2.45) is 0 Å².